The third-order valence-corrected chi connectivity index (χ3v) is 6.88. The average molecular weight is 468 g/mol. The zero-order chi connectivity index (χ0) is 22.9. The Morgan fingerprint density at radius 3 is 2.79 bits per heavy atom. The van der Waals surface area contributed by atoms with Gasteiger partial charge in [0.15, 0.2) is 10.9 Å². The SMILES string of the molecule is Cc1cccc(-n2c(SCCCCC(=O)NCCN3CCCCC3)nnc2-c2ccco2)c1. The maximum Gasteiger partial charge on any atom is 0.220 e. The summed E-state index contributed by atoms with van der Waals surface area (Å²) in [6, 6.07) is 12.0. The lowest BCUT2D eigenvalue weighted by Crippen LogP contribution is -2.37. The molecule has 0 bridgehead atoms. The number of rotatable bonds is 11. The van der Waals surface area contributed by atoms with Crippen molar-refractivity contribution >= 4 is 17.7 Å². The molecule has 176 valence electrons. The first-order chi connectivity index (χ1) is 16.2. The number of nitrogens with zero attached hydrogens (tertiary/aromatic N) is 4. The van der Waals surface area contributed by atoms with Gasteiger partial charge in [-0.2, -0.15) is 0 Å². The van der Waals surface area contributed by atoms with Crippen molar-refractivity contribution in [2.24, 2.45) is 0 Å². The van der Waals surface area contributed by atoms with Crippen LogP contribution in [-0.4, -0.2) is 57.5 Å². The maximum atomic E-state index is 12.2. The van der Waals surface area contributed by atoms with Crippen LogP contribution in [0.3, 0.4) is 0 Å². The molecule has 1 aliphatic rings. The first-order valence-corrected chi connectivity index (χ1v) is 12.9. The first-order valence-electron chi connectivity index (χ1n) is 11.9. The van der Waals surface area contributed by atoms with Gasteiger partial charge in [-0.25, -0.2) is 0 Å². The van der Waals surface area contributed by atoms with Crippen LogP contribution >= 0.6 is 11.8 Å². The van der Waals surface area contributed by atoms with E-state index in [0.29, 0.717) is 18.0 Å². The Labute approximate surface area is 199 Å². The van der Waals surface area contributed by atoms with Crippen LogP contribution in [0.25, 0.3) is 17.3 Å². The van der Waals surface area contributed by atoms with E-state index < -0.39 is 0 Å². The summed E-state index contributed by atoms with van der Waals surface area (Å²) < 4.78 is 7.63. The van der Waals surface area contributed by atoms with Gasteiger partial charge < -0.3 is 14.6 Å². The molecule has 0 atom stereocenters. The number of aromatic nitrogens is 3. The number of carbonyl (C=O) groups is 1. The third kappa shape index (κ3) is 6.71. The summed E-state index contributed by atoms with van der Waals surface area (Å²) in [4.78, 5) is 14.6. The van der Waals surface area contributed by atoms with E-state index in [1.165, 1.54) is 37.9 Å². The zero-order valence-electron chi connectivity index (χ0n) is 19.3. The summed E-state index contributed by atoms with van der Waals surface area (Å²) >= 11 is 1.66. The van der Waals surface area contributed by atoms with Gasteiger partial charge in [0.05, 0.1) is 12.0 Å². The molecule has 4 rings (SSSR count). The Kier molecular flexibility index (Phi) is 8.60. The normalized spacial score (nSPS) is 14.5. The molecule has 1 fully saturated rings. The molecule has 33 heavy (non-hydrogen) atoms. The molecule has 0 aliphatic carbocycles. The second-order valence-corrected chi connectivity index (χ2v) is 9.58. The Bertz CT molecular complexity index is 1010. The Morgan fingerprint density at radius 2 is 2.00 bits per heavy atom. The predicted molar refractivity (Wildman–Crippen MR) is 132 cm³/mol. The standard InChI is InChI=1S/C25H33N5O2S/c1-20-9-7-10-21(19-20)30-24(22-11-8-17-32-22)27-28-25(30)33-18-6-3-12-23(31)26-13-16-29-14-4-2-5-15-29/h7-11,17,19H,2-6,12-16,18H2,1H3,(H,26,31). The molecule has 3 aromatic rings. The number of furan rings is 1. The molecule has 3 heterocycles. The molecule has 7 nitrogen and oxygen atoms in total. The minimum atomic E-state index is 0.153. The summed E-state index contributed by atoms with van der Waals surface area (Å²) in [7, 11) is 0. The summed E-state index contributed by atoms with van der Waals surface area (Å²) in [6.45, 7) is 6.13. The smallest absolute Gasteiger partial charge is 0.220 e. The van der Waals surface area contributed by atoms with Crippen LogP contribution in [0.1, 0.15) is 44.1 Å². The van der Waals surface area contributed by atoms with Crippen LogP contribution in [0.15, 0.2) is 52.2 Å². The van der Waals surface area contributed by atoms with Gasteiger partial charge in [-0.05, 0) is 75.5 Å². The number of aryl methyl sites for hydroxylation is 1. The van der Waals surface area contributed by atoms with Gasteiger partial charge in [-0.3, -0.25) is 9.36 Å². The quantitative estimate of drug-likeness (QED) is 0.325. The lowest BCUT2D eigenvalue weighted by molar-refractivity contribution is -0.121. The summed E-state index contributed by atoms with van der Waals surface area (Å²) in [5.74, 6) is 2.42. The summed E-state index contributed by atoms with van der Waals surface area (Å²) in [5, 5.41) is 12.7. The molecule has 1 aromatic carbocycles. The largest absolute Gasteiger partial charge is 0.461 e. The summed E-state index contributed by atoms with van der Waals surface area (Å²) in [5.41, 5.74) is 2.19. The van der Waals surface area contributed by atoms with Gasteiger partial charge in [-0.15, -0.1) is 10.2 Å². The fourth-order valence-electron chi connectivity index (χ4n) is 4.10. The number of hydrogen-bond donors (Lipinski definition) is 1. The van der Waals surface area contributed by atoms with Crippen molar-refractivity contribution < 1.29 is 9.21 Å². The molecule has 1 saturated heterocycles. The molecule has 1 amide bonds. The molecule has 0 unspecified atom stereocenters. The predicted octanol–water partition coefficient (Wildman–Crippen LogP) is 4.70. The maximum absolute atomic E-state index is 12.2. The van der Waals surface area contributed by atoms with Crippen LogP contribution < -0.4 is 5.32 Å². The minimum Gasteiger partial charge on any atom is -0.461 e. The van der Waals surface area contributed by atoms with E-state index in [0.717, 1.165) is 42.5 Å². The second-order valence-electron chi connectivity index (χ2n) is 8.52. The molecule has 8 heteroatoms. The third-order valence-electron chi connectivity index (χ3n) is 5.86. The fourth-order valence-corrected chi connectivity index (χ4v) is 5.06. The number of carbonyl (C=O) groups excluding carboxylic acids is 1. The van der Waals surface area contributed by atoms with Gasteiger partial charge in [0.2, 0.25) is 11.7 Å². The van der Waals surface area contributed by atoms with E-state index in [9.17, 15) is 4.79 Å². The number of benzene rings is 1. The lowest BCUT2D eigenvalue weighted by atomic mass is 10.1. The van der Waals surface area contributed by atoms with Crippen molar-refractivity contribution in [3.8, 4) is 17.3 Å². The number of hydrogen-bond acceptors (Lipinski definition) is 6. The lowest BCUT2D eigenvalue weighted by Gasteiger charge is -2.26. The van der Waals surface area contributed by atoms with Gasteiger partial charge in [0.25, 0.3) is 0 Å². The van der Waals surface area contributed by atoms with E-state index in [1.54, 1.807) is 18.0 Å². The molecular weight excluding hydrogens is 434 g/mol. The van der Waals surface area contributed by atoms with Gasteiger partial charge in [0.1, 0.15) is 0 Å². The number of likely N-dealkylation sites (tertiary alicyclic amines) is 1. The highest BCUT2D eigenvalue weighted by atomic mass is 32.2. The zero-order valence-corrected chi connectivity index (χ0v) is 20.1. The molecule has 1 aliphatic heterocycles. The molecule has 0 saturated carbocycles. The van der Waals surface area contributed by atoms with Crippen LogP contribution in [0.4, 0.5) is 0 Å². The van der Waals surface area contributed by atoms with Crippen molar-refractivity contribution in [1.29, 1.82) is 0 Å². The number of piperidine rings is 1. The van der Waals surface area contributed by atoms with Crippen molar-refractivity contribution in [2.45, 2.75) is 50.6 Å². The second kappa shape index (κ2) is 12.0. The fraction of sp³-hybridized carbons (Fsp3) is 0.480. The van der Waals surface area contributed by atoms with Gasteiger partial charge in [0, 0.05) is 25.3 Å². The Morgan fingerprint density at radius 1 is 1.12 bits per heavy atom. The van der Waals surface area contributed by atoms with Gasteiger partial charge in [-0.1, -0.05) is 30.3 Å². The molecule has 2 aromatic heterocycles. The number of nitrogens with one attached hydrogen (secondary N) is 1. The van der Waals surface area contributed by atoms with Crippen LogP contribution in [0.2, 0.25) is 0 Å². The highest BCUT2D eigenvalue weighted by Gasteiger charge is 2.18. The van der Waals surface area contributed by atoms with Crippen molar-refractivity contribution in [3.63, 3.8) is 0 Å². The summed E-state index contributed by atoms with van der Waals surface area (Å²) in [6.07, 6.45) is 7.94. The van der Waals surface area contributed by atoms with Crippen LogP contribution in [-0.2, 0) is 4.79 Å². The highest BCUT2D eigenvalue weighted by Crippen LogP contribution is 2.29. The van der Waals surface area contributed by atoms with Crippen LogP contribution in [0.5, 0.6) is 0 Å². The molecule has 0 spiro atoms. The van der Waals surface area contributed by atoms with E-state index in [2.05, 4.69) is 45.5 Å². The molecule has 1 N–H and O–H groups in total. The number of unbranched alkanes of at least 4 members (excludes halogenated alkanes) is 1. The van der Waals surface area contributed by atoms with E-state index in [-0.39, 0.29) is 5.91 Å². The van der Waals surface area contributed by atoms with Crippen molar-refractivity contribution in [3.05, 3.63) is 48.2 Å². The molecule has 0 radical (unpaired) electrons. The molecular formula is C25H33N5O2S. The van der Waals surface area contributed by atoms with E-state index >= 15 is 0 Å². The van der Waals surface area contributed by atoms with Crippen molar-refractivity contribution in [1.82, 2.24) is 25.0 Å². The Balaban J connectivity index is 1.25. The van der Waals surface area contributed by atoms with E-state index in [4.69, 9.17) is 4.42 Å². The number of amides is 1. The Hall–Kier alpha value is -2.58. The van der Waals surface area contributed by atoms with Crippen molar-refractivity contribution in [2.75, 3.05) is 31.9 Å². The van der Waals surface area contributed by atoms with Crippen LogP contribution in [0, 0.1) is 6.92 Å². The first kappa shape index (κ1) is 23.6. The highest BCUT2D eigenvalue weighted by molar-refractivity contribution is 7.99. The monoisotopic (exact) mass is 467 g/mol. The topological polar surface area (TPSA) is 76.2 Å². The number of thioether (sulfide) groups is 1. The minimum absolute atomic E-state index is 0.153. The van der Waals surface area contributed by atoms with Gasteiger partial charge >= 0.3 is 0 Å². The van der Waals surface area contributed by atoms with E-state index in [1.807, 2.05) is 22.8 Å². The average Bonchev–Trinajstić information content (AvgIpc) is 3.49.